The van der Waals surface area contributed by atoms with Crippen LogP contribution in [0.2, 0.25) is 0 Å². The predicted molar refractivity (Wildman–Crippen MR) is 61.3 cm³/mol. The van der Waals surface area contributed by atoms with E-state index in [-0.39, 0.29) is 5.56 Å². The van der Waals surface area contributed by atoms with Crippen LogP contribution in [-0.2, 0) is 0 Å². The summed E-state index contributed by atoms with van der Waals surface area (Å²) >= 11 is 0. The maximum absolute atomic E-state index is 13.2. The first-order valence-corrected chi connectivity index (χ1v) is 4.98. The lowest BCUT2D eigenvalue weighted by atomic mass is 9.99. The summed E-state index contributed by atoms with van der Waals surface area (Å²) in [5.41, 5.74) is 3.09. The molecule has 16 heavy (non-hydrogen) atoms. The number of nitrogens with zero attached hydrogens (tertiary/aromatic N) is 1. The van der Waals surface area contributed by atoms with Gasteiger partial charge in [0.05, 0.1) is 5.56 Å². The Hall–Kier alpha value is -2.14. The van der Waals surface area contributed by atoms with Crippen molar-refractivity contribution in [1.29, 1.82) is 5.26 Å². The molecule has 2 heteroatoms. The second-order valence-electron chi connectivity index (χ2n) is 3.62. The monoisotopic (exact) mass is 211 g/mol. The van der Waals surface area contributed by atoms with Crippen molar-refractivity contribution in [2.24, 2.45) is 0 Å². The van der Waals surface area contributed by atoms with Gasteiger partial charge in [-0.15, -0.1) is 0 Å². The van der Waals surface area contributed by atoms with Crippen LogP contribution in [0.5, 0.6) is 0 Å². The molecule has 0 aromatic heterocycles. The number of hydrogen-bond acceptors (Lipinski definition) is 1. The smallest absolute Gasteiger partial charge is 0.140 e. The van der Waals surface area contributed by atoms with Gasteiger partial charge >= 0.3 is 0 Å². The third-order valence-electron chi connectivity index (χ3n) is 2.54. The molecule has 78 valence electrons. The normalized spacial score (nSPS) is 9.81. The summed E-state index contributed by atoms with van der Waals surface area (Å²) in [7, 11) is 0. The summed E-state index contributed by atoms with van der Waals surface area (Å²) in [5.74, 6) is -0.472. The molecule has 1 nitrogen and oxygen atoms in total. The molecule has 0 saturated heterocycles. The van der Waals surface area contributed by atoms with Gasteiger partial charge in [0.25, 0.3) is 0 Å². The van der Waals surface area contributed by atoms with Gasteiger partial charge in [-0.3, -0.25) is 0 Å². The van der Waals surface area contributed by atoms with Crippen molar-refractivity contribution in [2.75, 3.05) is 0 Å². The van der Waals surface area contributed by atoms with Crippen molar-refractivity contribution in [2.45, 2.75) is 6.92 Å². The molecule has 0 spiro atoms. The van der Waals surface area contributed by atoms with Gasteiger partial charge in [0.15, 0.2) is 0 Å². The molecule has 0 amide bonds. The van der Waals surface area contributed by atoms with Crippen LogP contribution < -0.4 is 0 Å². The molecular weight excluding hydrogens is 201 g/mol. The maximum Gasteiger partial charge on any atom is 0.140 e. The standard InChI is InChI=1S/C14H10FN/c1-10-4-2-3-5-13(10)11-6-7-14(15)12(8-11)9-16/h2-8H,1H3. The zero-order chi connectivity index (χ0) is 11.5. The summed E-state index contributed by atoms with van der Waals surface area (Å²) in [6.45, 7) is 1.99. The lowest BCUT2D eigenvalue weighted by molar-refractivity contribution is 0.624. The van der Waals surface area contributed by atoms with Crippen molar-refractivity contribution < 1.29 is 4.39 Å². The zero-order valence-electron chi connectivity index (χ0n) is 8.87. The van der Waals surface area contributed by atoms with Crippen LogP contribution in [0.25, 0.3) is 11.1 Å². The highest BCUT2D eigenvalue weighted by atomic mass is 19.1. The van der Waals surface area contributed by atoms with Crippen molar-refractivity contribution in [1.82, 2.24) is 0 Å². The highest BCUT2D eigenvalue weighted by molar-refractivity contribution is 5.68. The fraction of sp³-hybridized carbons (Fsp3) is 0.0714. The first-order chi connectivity index (χ1) is 7.72. The predicted octanol–water partition coefficient (Wildman–Crippen LogP) is 3.67. The SMILES string of the molecule is Cc1ccccc1-c1ccc(F)c(C#N)c1. The van der Waals surface area contributed by atoms with Crippen molar-refractivity contribution in [3.63, 3.8) is 0 Å². The van der Waals surface area contributed by atoms with Crippen LogP contribution in [0.3, 0.4) is 0 Å². The lowest BCUT2D eigenvalue weighted by Gasteiger charge is -2.06. The van der Waals surface area contributed by atoms with Crippen molar-refractivity contribution >= 4 is 0 Å². The molecule has 2 rings (SSSR count). The number of nitriles is 1. The first kappa shape index (κ1) is 10.4. The molecule has 0 N–H and O–H groups in total. The van der Waals surface area contributed by atoms with Gasteiger partial charge in [0, 0.05) is 0 Å². The van der Waals surface area contributed by atoms with Gasteiger partial charge in [-0.25, -0.2) is 4.39 Å². The maximum atomic E-state index is 13.2. The fourth-order valence-corrected chi connectivity index (χ4v) is 1.68. The Labute approximate surface area is 93.8 Å². The number of hydrogen-bond donors (Lipinski definition) is 0. The van der Waals surface area contributed by atoms with Crippen molar-refractivity contribution in [3.05, 3.63) is 59.4 Å². The third kappa shape index (κ3) is 1.80. The Bertz CT molecular complexity index is 567. The summed E-state index contributed by atoms with van der Waals surface area (Å²) in [6, 6.07) is 14.3. The number of aryl methyl sites for hydroxylation is 1. The summed E-state index contributed by atoms with van der Waals surface area (Å²) in [6.07, 6.45) is 0. The van der Waals surface area contributed by atoms with Gasteiger partial charge in [-0.2, -0.15) is 5.26 Å². The topological polar surface area (TPSA) is 23.8 Å². The molecule has 0 heterocycles. The van der Waals surface area contributed by atoms with Gasteiger partial charge in [0.2, 0.25) is 0 Å². The third-order valence-corrected chi connectivity index (χ3v) is 2.54. The van der Waals surface area contributed by atoms with Crippen LogP contribution in [0, 0.1) is 24.1 Å². The highest BCUT2D eigenvalue weighted by Crippen LogP contribution is 2.24. The van der Waals surface area contributed by atoms with Gasteiger partial charge < -0.3 is 0 Å². The molecule has 0 unspecified atom stereocenters. The second-order valence-corrected chi connectivity index (χ2v) is 3.62. The molecule has 0 saturated carbocycles. The number of halogens is 1. The Kier molecular flexibility index (Phi) is 2.70. The molecule has 0 radical (unpaired) electrons. The minimum absolute atomic E-state index is 0.0840. The average Bonchev–Trinajstić information content (AvgIpc) is 2.31. The van der Waals surface area contributed by atoms with E-state index in [9.17, 15) is 4.39 Å². The van der Waals surface area contributed by atoms with E-state index < -0.39 is 5.82 Å². The minimum atomic E-state index is -0.472. The van der Waals surface area contributed by atoms with E-state index in [1.54, 1.807) is 12.1 Å². The Morgan fingerprint density at radius 2 is 1.88 bits per heavy atom. The largest absolute Gasteiger partial charge is 0.206 e. The molecule has 2 aromatic rings. The molecular formula is C14H10FN. The van der Waals surface area contributed by atoms with E-state index in [0.29, 0.717) is 0 Å². The quantitative estimate of drug-likeness (QED) is 0.706. The fourth-order valence-electron chi connectivity index (χ4n) is 1.68. The molecule has 0 atom stereocenters. The Morgan fingerprint density at radius 3 is 2.56 bits per heavy atom. The molecule has 0 bridgehead atoms. The lowest BCUT2D eigenvalue weighted by Crippen LogP contribution is -1.87. The number of rotatable bonds is 1. The van der Waals surface area contributed by atoms with Gasteiger partial charge in [-0.1, -0.05) is 30.3 Å². The molecule has 0 fully saturated rings. The highest BCUT2D eigenvalue weighted by Gasteiger charge is 2.05. The van der Waals surface area contributed by atoms with Crippen LogP contribution >= 0.6 is 0 Å². The van der Waals surface area contributed by atoms with Crippen LogP contribution in [0.4, 0.5) is 4.39 Å². The Morgan fingerprint density at radius 1 is 1.12 bits per heavy atom. The summed E-state index contributed by atoms with van der Waals surface area (Å²) in [4.78, 5) is 0. The van der Waals surface area contributed by atoms with E-state index in [1.807, 2.05) is 37.3 Å². The first-order valence-electron chi connectivity index (χ1n) is 4.98. The summed E-state index contributed by atoms with van der Waals surface area (Å²) < 4.78 is 13.2. The van der Waals surface area contributed by atoms with Gasteiger partial charge in [-0.05, 0) is 35.7 Å². The van der Waals surface area contributed by atoms with E-state index in [0.717, 1.165) is 16.7 Å². The molecule has 0 aliphatic carbocycles. The Balaban J connectivity index is 2.59. The van der Waals surface area contributed by atoms with E-state index >= 15 is 0 Å². The number of benzene rings is 2. The van der Waals surface area contributed by atoms with E-state index in [1.165, 1.54) is 6.07 Å². The van der Waals surface area contributed by atoms with Gasteiger partial charge in [0.1, 0.15) is 11.9 Å². The molecule has 0 aliphatic heterocycles. The zero-order valence-corrected chi connectivity index (χ0v) is 8.87. The minimum Gasteiger partial charge on any atom is -0.206 e. The van der Waals surface area contributed by atoms with Crippen molar-refractivity contribution in [3.8, 4) is 17.2 Å². The average molecular weight is 211 g/mol. The second kappa shape index (κ2) is 4.16. The van der Waals surface area contributed by atoms with Crippen LogP contribution in [-0.4, -0.2) is 0 Å². The molecule has 2 aromatic carbocycles. The molecule has 0 aliphatic rings. The van der Waals surface area contributed by atoms with E-state index in [4.69, 9.17) is 5.26 Å². The van der Waals surface area contributed by atoms with Crippen LogP contribution in [0.15, 0.2) is 42.5 Å². The van der Waals surface area contributed by atoms with E-state index in [2.05, 4.69) is 0 Å². The summed E-state index contributed by atoms with van der Waals surface area (Å²) in [5, 5.41) is 8.77. The van der Waals surface area contributed by atoms with Crippen LogP contribution in [0.1, 0.15) is 11.1 Å².